The minimum atomic E-state index is -0.130. The molecular weight excluding hydrogens is 417 g/mol. The molecular formula is C8H3ClI2O2. The number of carbonyl (C=O) groups excluding carboxylic acids is 2. The Morgan fingerprint density at radius 2 is 1.77 bits per heavy atom. The highest BCUT2D eigenvalue weighted by atomic mass is 127. The summed E-state index contributed by atoms with van der Waals surface area (Å²) in [7, 11) is 0. The zero-order valence-corrected chi connectivity index (χ0v) is 11.3. The molecule has 0 heterocycles. The van der Waals surface area contributed by atoms with Crippen molar-refractivity contribution in [2.24, 2.45) is 0 Å². The first-order valence-electron chi connectivity index (χ1n) is 3.21. The summed E-state index contributed by atoms with van der Waals surface area (Å²) in [6, 6.07) is 4.65. The summed E-state index contributed by atoms with van der Waals surface area (Å²) < 4.78 is -0.220. The van der Waals surface area contributed by atoms with E-state index in [-0.39, 0.29) is 7.58 Å². The summed E-state index contributed by atoms with van der Waals surface area (Å²) >= 11 is 9.11. The average Bonchev–Trinajstić information content (AvgIpc) is 2.03. The molecule has 0 atom stereocenters. The molecule has 0 fully saturated rings. The molecule has 0 N–H and O–H groups in total. The molecule has 0 radical (unpaired) electrons. The highest BCUT2D eigenvalue weighted by Gasteiger charge is 2.09. The van der Waals surface area contributed by atoms with Crippen LogP contribution in [0.3, 0.4) is 0 Å². The Balaban J connectivity index is 3.20. The first-order valence-corrected chi connectivity index (χ1v) is 5.75. The van der Waals surface area contributed by atoms with Gasteiger partial charge < -0.3 is 0 Å². The summed E-state index contributed by atoms with van der Waals surface area (Å²) in [6.45, 7) is 0. The summed E-state index contributed by atoms with van der Waals surface area (Å²) in [5.74, 6) is 0. The fourth-order valence-corrected chi connectivity index (χ4v) is 2.03. The van der Waals surface area contributed by atoms with E-state index < -0.39 is 0 Å². The van der Waals surface area contributed by atoms with E-state index in [0.717, 1.165) is 0 Å². The summed E-state index contributed by atoms with van der Waals surface area (Å²) in [5, 5.41) is 0.321. The highest BCUT2D eigenvalue weighted by molar-refractivity contribution is 14.1. The summed E-state index contributed by atoms with van der Waals surface area (Å²) in [5.41, 5.74) is 0.940. The van der Waals surface area contributed by atoms with Crippen LogP contribution in [0.4, 0.5) is 0 Å². The fourth-order valence-electron chi connectivity index (χ4n) is 0.797. The van der Waals surface area contributed by atoms with Crippen molar-refractivity contribution in [2.45, 2.75) is 0 Å². The summed E-state index contributed by atoms with van der Waals surface area (Å²) in [6.07, 6.45) is 0. The van der Waals surface area contributed by atoms with Crippen molar-refractivity contribution in [3.8, 4) is 0 Å². The van der Waals surface area contributed by atoms with Gasteiger partial charge in [-0.15, -0.1) is 0 Å². The standard InChI is InChI=1S/C8H3ClI2O2/c9-6-3-4(7(10)12)1-2-5(6)8(11)13/h1-3H. The number of carbonyl (C=O) groups is 2. The quantitative estimate of drug-likeness (QED) is 0.542. The lowest BCUT2D eigenvalue weighted by atomic mass is 10.2. The van der Waals surface area contributed by atoms with Crippen molar-refractivity contribution in [1.82, 2.24) is 0 Å². The molecule has 0 saturated carbocycles. The molecule has 0 amide bonds. The van der Waals surface area contributed by atoms with Gasteiger partial charge in [-0.1, -0.05) is 11.6 Å². The molecule has 0 aromatic heterocycles. The molecule has 2 nitrogen and oxygen atoms in total. The molecule has 0 aliphatic rings. The molecule has 0 saturated heterocycles. The third-order valence-corrected chi connectivity index (χ3v) is 2.92. The first-order chi connectivity index (χ1) is 6.02. The van der Waals surface area contributed by atoms with Crippen molar-refractivity contribution in [2.75, 3.05) is 0 Å². The van der Waals surface area contributed by atoms with Crippen molar-refractivity contribution in [3.05, 3.63) is 34.3 Å². The van der Waals surface area contributed by atoms with Gasteiger partial charge >= 0.3 is 0 Å². The van der Waals surface area contributed by atoms with Crippen LogP contribution in [0.1, 0.15) is 20.7 Å². The topological polar surface area (TPSA) is 34.1 Å². The molecule has 1 aromatic rings. The van der Waals surface area contributed by atoms with E-state index in [0.29, 0.717) is 16.1 Å². The zero-order valence-electron chi connectivity index (χ0n) is 6.18. The van der Waals surface area contributed by atoms with Crippen LogP contribution in [0.25, 0.3) is 0 Å². The predicted octanol–water partition coefficient (Wildman–Crippen LogP) is 3.49. The Morgan fingerprint density at radius 1 is 1.15 bits per heavy atom. The molecule has 0 bridgehead atoms. The Morgan fingerprint density at radius 3 is 2.15 bits per heavy atom. The van der Waals surface area contributed by atoms with E-state index in [1.165, 1.54) is 6.07 Å². The van der Waals surface area contributed by atoms with Gasteiger partial charge in [-0.3, -0.25) is 9.59 Å². The van der Waals surface area contributed by atoms with E-state index in [2.05, 4.69) is 0 Å². The predicted molar refractivity (Wildman–Crippen MR) is 68.2 cm³/mol. The molecule has 13 heavy (non-hydrogen) atoms. The van der Waals surface area contributed by atoms with Crippen molar-refractivity contribution in [1.29, 1.82) is 0 Å². The van der Waals surface area contributed by atoms with Crippen molar-refractivity contribution in [3.63, 3.8) is 0 Å². The molecule has 5 heteroatoms. The van der Waals surface area contributed by atoms with Gasteiger partial charge in [-0.25, -0.2) is 0 Å². The molecule has 0 spiro atoms. The SMILES string of the molecule is O=C(I)c1ccc(C(=O)I)c(Cl)c1. The van der Waals surface area contributed by atoms with E-state index in [4.69, 9.17) is 11.6 Å². The van der Waals surface area contributed by atoms with Crippen LogP contribution in [0.15, 0.2) is 18.2 Å². The minimum Gasteiger partial charge on any atom is -0.282 e. The van der Waals surface area contributed by atoms with Gasteiger partial charge in [0.25, 0.3) is 0 Å². The third-order valence-electron chi connectivity index (χ3n) is 1.41. The number of hydrogen-bond acceptors (Lipinski definition) is 2. The van der Waals surface area contributed by atoms with E-state index in [1.54, 1.807) is 57.3 Å². The maximum Gasteiger partial charge on any atom is 0.223 e. The monoisotopic (exact) mass is 420 g/mol. The average molecular weight is 420 g/mol. The second-order valence-electron chi connectivity index (χ2n) is 2.24. The zero-order chi connectivity index (χ0) is 10.0. The number of benzene rings is 1. The maximum absolute atomic E-state index is 11.0. The van der Waals surface area contributed by atoms with Crippen LogP contribution in [-0.2, 0) is 0 Å². The number of halogens is 3. The smallest absolute Gasteiger partial charge is 0.223 e. The fraction of sp³-hybridized carbons (Fsp3) is 0. The normalized spacial score (nSPS) is 9.77. The van der Waals surface area contributed by atoms with Gasteiger partial charge in [0.1, 0.15) is 0 Å². The lowest BCUT2D eigenvalue weighted by Crippen LogP contribution is -1.93. The second-order valence-corrected chi connectivity index (χ2v) is 4.61. The van der Waals surface area contributed by atoms with Gasteiger partial charge in [-0.05, 0) is 18.2 Å². The molecule has 0 aliphatic carbocycles. The molecule has 68 valence electrons. The van der Waals surface area contributed by atoms with E-state index in [1.807, 2.05) is 0 Å². The Bertz CT molecular complexity index is 376. The van der Waals surface area contributed by atoms with Crippen LogP contribution in [0, 0.1) is 0 Å². The number of rotatable bonds is 2. The second kappa shape index (κ2) is 4.70. The molecule has 1 aromatic carbocycles. The van der Waals surface area contributed by atoms with Crippen molar-refractivity contribution < 1.29 is 9.59 Å². The van der Waals surface area contributed by atoms with Gasteiger partial charge in [0, 0.05) is 56.3 Å². The van der Waals surface area contributed by atoms with Crippen LogP contribution < -0.4 is 0 Å². The van der Waals surface area contributed by atoms with Gasteiger partial charge in [0.15, 0.2) is 0 Å². The lowest BCUT2D eigenvalue weighted by Gasteiger charge is -1.99. The van der Waals surface area contributed by atoms with Crippen LogP contribution >= 0.6 is 56.8 Å². The Kier molecular flexibility index (Phi) is 4.11. The third kappa shape index (κ3) is 2.88. The van der Waals surface area contributed by atoms with Crippen LogP contribution in [-0.4, -0.2) is 7.58 Å². The summed E-state index contributed by atoms with van der Waals surface area (Å²) in [4.78, 5) is 21.9. The van der Waals surface area contributed by atoms with E-state index in [9.17, 15) is 9.59 Å². The van der Waals surface area contributed by atoms with E-state index >= 15 is 0 Å². The molecule has 1 rings (SSSR count). The van der Waals surface area contributed by atoms with Crippen molar-refractivity contribution >= 4 is 64.4 Å². The lowest BCUT2D eigenvalue weighted by molar-refractivity contribution is 0.109. The Labute approximate surface area is 107 Å². The van der Waals surface area contributed by atoms with Gasteiger partial charge in [0.2, 0.25) is 7.58 Å². The van der Waals surface area contributed by atoms with Gasteiger partial charge in [-0.2, -0.15) is 0 Å². The first kappa shape index (κ1) is 11.4. The maximum atomic E-state index is 11.0. The molecule has 0 aliphatic heterocycles. The highest BCUT2D eigenvalue weighted by Crippen LogP contribution is 2.21. The molecule has 0 unspecified atom stereocenters. The van der Waals surface area contributed by atoms with Gasteiger partial charge in [0.05, 0.1) is 5.02 Å². The van der Waals surface area contributed by atoms with Crippen LogP contribution in [0.2, 0.25) is 5.02 Å². The van der Waals surface area contributed by atoms with Crippen LogP contribution in [0.5, 0.6) is 0 Å². The largest absolute Gasteiger partial charge is 0.282 e. The number of hydrogen-bond donors (Lipinski definition) is 0. The minimum absolute atomic E-state index is 0.0908. The Hall–Kier alpha value is 0.310.